The molecule has 186 valence electrons. The molecular formula is C25H26F4N4O2. The zero-order chi connectivity index (χ0) is 25.8. The number of fused-ring (bicyclic) bond motifs is 2. The largest absolute Gasteiger partial charge is 0.333 e. The van der Waals surface area contributed by atoms with E-state index in [1.54, 1.807) is 0 Å². The van der Waals surface area contributed by atoms with Gasteiger partial charge in [0.2, 0.25) is 5.91 Å². The molecule has 0 N–H and O–H groups in total. The molecule has 1 amide bonds. The van der Waals surface area contributed by atoms with Crippen LogP contribution in [0.1, 0.15) is 69.7 Å². The van der Waals surface area contributed by atoms with E-state index in [-0.39, 0.29) is 17.8 Å². The molecule has 1 aromatic heterocycles. The Morgan fingerprint density at radius 2 is 2.06 bits per heavy atom. The van der Waals surface area contributed by atoms with Gasteiger partial charge in [-0.15, -0.1) is 0 Å². The van der Waals surface area contributed by atoms with Gasteiger partial charge in [0.1, 0.15) is 5.82 Å². The zero-order valence-corrected chi connectivity index (χ0v) is 19.6. The van der Waals surface area contributed by atoms with E-state index in [4.69, 9.17) is 4.52 Å². The lowest BCUT2D eigenvalue weighted by molar-refractivity contribution is -0.118. The third-order valence-electron chi connectivity index (χ3n) is 6.22. The van der Waals surface area contributed by atoms with Gasteiger partial charge in [0.25, 0.3) is 5.89 Å². The van der Waals surface area contributed by atoms with Crippen LogP contribution in [0.5, 0.6) is 0 Å². The normalized spacial score (nSPS) is 15.9. The summed E-state index contributed by atoms with van der Waals surface area (Å²) < 4.78 is 55.8. The van der Waals surface area contributed by atoms with Gasteiger partial charge in [-0.1, -0.05) is 29.8 Å². The van der Waals surface area contributed by atoms with Crippen LogP contribution in [0.4, 0.5) is 23.2 Å². The Kier molecular flexibility index (Phi) is 7.78. The number of hydrogen-bond acceptors (Lipinski definition) is 5. The number of hydrogen-bond donors (Lipinski definition) is 0. The number of carbonyl (C=O) groups excluding carboxylic acids is 1. The number of rotatable bonds is 7. The van der Waals surface area contributed by atoms with Crippen LogP contribution >= 0.6 is 0 Å². The molecule has 2 aromatic rings. The van der Waals surface area contributed by atoms with E-state index in [1.165, 1.54) is 17.0 Å². The molecule has 1 aromatic carbocycles. The Morgan fingerprint density at radius 1 is 1.37 bits per heavy atom. The van der Waals surface area contributed by atoms with Gasteiger partial charge in [0.15, 0.2) is 5.82 Å². The highest BCUT2D eigenvalue weighted by molar-refractivity contribution is 5.94. The summed E-state index contributed by atoms with van der Waals surface area (Å²) in [5, 5.41) is 13.0. The van der Waals surface area contributed by atoms with Crippen LogP contribution < -0.4 is 4.90 Å². The van der Waals surface area contributed by atoms with E-state index < -0.39 is 23.0 Å². The van der Waals surface area contributed by atoms with Crippen LogP contribution in [0.15, 0.2) is 46.8 Å². The molecule has 3 aliphatic carbocycles. The smallest absolute Gasteiger partial charge is 0.322 e. The monoisotopic (exact) mass is 490 g/mol. The summed E-state index contributed by atoms with van der Waals surface area (Å²) in [5.41, 5.74) is 2.31. The maximum absolute atomic E-state index is 14.0. The summed E-state index contributed by atoms with van der Waals surface area (Å²) in [7, 11) is 0. The number of aromatic nitrogens is 2. The van der Waals surface area contributed by atoms with E-state index in [1.807, 2.05) is 13.0 Å². The SMILES string of the molecule is C=CF.CCCC(=O)N(CC1=C2CC(c3noc(C(C)(F)F)n3)(CC1)C2)c1cc(F)cc(C#N)c1. The summed E-state index contributed by atoms with van der Waals surface area (Å²) in [4.78, 5) is 18.3. The van der Waals surface area contributed by atoms with Crippen LogP contribution in [0.3, 0.4) is 0 Å². The van der Waals surface area contributed by atoms with Crippen LogP contribution in [-0.4, -0.2) is 22.6 Å². The van der Waals surface area contributed by atoms with Crippen molar-refractivity contribution in [1.29, 1.82) is 5.26 Å². The lowest BCUT2D eigenvalue weighted by atomic mass is 9.57. The number of amides is 1. The topological polar surface area (TPSA) is 83.0 Å². The quantitative estimate of drug-likeness (QED) is 0.339. The molecule has 0 saturated heterocycles. The Hall–Kier alpha value is -3.48. The first-order valence-electron chi connectivity index (χ1n) is 11.2. The predicted octanol–water partition coefficient (Wildman–Crippen LogP) is 6.25. The van der Waals surface area contributed by atoms with Gasteiger partial charge in [-0.3, -0.25) is 4.79 Å². The number of allylic oxidation sites excluding steroid dienone is 1. The molecule has 0 radical (unpaired) electrons. The fourth-order valence-electron chi connectivity index (χ4n) is 4.49. The summed E-state index contributed by atoms with van der Waals surface area (Å²) in [5.74, 6) is -4.27. The highest BCUT2D eigenvalue weighted by Crippen LogP contribution is 2.55. The second kappa shape index (κ2) is 10.4. The molecule has 1 heterocycles. The second-order valence-corrected chi connectivity index (χ2v) is 8.85. The fourth-order valence-corrected chi connectivity index (χ4v) is 4.49. The summed E-state index contributed by atoms with van der Waals surface area (Å²) in [6, 6.07) is 5.84. The first kappa shape index (κ1) is 26.1. The number of carbonyl (C=O) groups is 1. The van der Waals surface area contributed by atoms with E-state index >= 15 is 0 Å². The summed E-state index contributed by atoms with van der Waals surface area (Å²) in [6.07, 6.45) is 3.76. The van der Waals surface area contributed by atoms with Gasteiger partial charge in [-0.2, -0.15) is 19.0 Å². The molecule has 35 heavy (non-hydrogen) atoms. The van der Waals surface area contributed by atoms with E-state index in [0.717, 1.165) is 24.1 Å². The van der Waals surface area contributed by atoms with Crippen molar-refractivity contribution in [2.45, 2.75) is 63.7 Å². The van der Waals surface area contributed by atoms with Crippen molar-refractivity contribution in [2.75, 3.05) is 11.4 Å². The van der Waals surface area contributed by atoms with Gasteiger partial charge >= 0.3 is 5.92 Å². The summed E-state index contributed by atoms with van der Waals surface area (Å²) in [6.45, 7) is 5.62. The molecule has 2 bridgehead atoms. The average molecular weight is 491 g/mol. The Labute approximate surface area is 200 Å². The minimum absolute atomic E-state index is 0.140. The molecule has 1 fully saturated rings. The Morgan fingerprint density at radius 3 is 2.57 bits per heavy atom. The summed E-state index contributed by atoms with van der Waals surface area (Å²) >= 11 is 0. The zero-order valence-electron chi connectivity index (χ0n) is 19.6. The van der Waals surface area contributed by atoms with Crippen molar-refractivity contribution in [3.05, 3.63) is 65.3 Å². The van der Waals surface area contributed by atoms with E-state index in [9.17, 15) is 27.6 Å². The van der Waals surface area contributed by atoms with Crippen molar-refractivity contribution < 1.29 is 26.9 Å². The third-order valence-corrected chi connectivity index (χ3v) is 6.22. The number of benzene rings is 1. The number of alkyl halides is 2. The molecular weight excluding hydrogens is 464 g/mol. The fraction of sp³-hybridized carbons (Fsp3) is 0.440. The lowest BCUT2D eigenvalue weighted by Gasteiger charge is -2.48. The minimum Gasteiger partial charge on any atom is -0.333 e. The van der Waals surface area contributed by atoms with Crippen molar-refractivity contribution in [3.8, 4) is 6.07 Å². The molecule has 6 nitrogen and oxygen atoms in total. The molecule has 5 rings (SSSR count). The number of nitrogens with zero attached hydrogens (tertiary/aromatic N) is 4. The lowest BCUT2D eigenvalue weighted by Crippen LogP contribution is -2.44. The molecule has 0 atom stereocenters. The number of halogens is 4. The Bertz CT molecular complexity index is 1170. The third kappa shape index (κ3) is 5.61. The molecule has 1 saturated carbocycles. The highest BCUT2D eigenvalue weighted by Gasteiger charge is 2.50. The van der Waals surface area contributed by atoms with Crippen molar-refractivity contribution in [3.63, 3.8) is 0 Å². The van der Waals surface area contributed by atoms with Gasteiger partial charge in [0.05, 0.1) is 18.0 Å². The molecule has 10 heteroatoms. The molecule has 3 aliphatic rings. The van der Waals surface area contributed by atoms with Crippen molar-refractivity contribution >= 4 is 11.6 Å². The highest BCUT2D eigenvalue weighted by atomic mass is 19.3. The second-order valence-electron chi connectivity index (χ2n) is 8.85. The van der Waals surface area contributed by atoms with E-state index in [2.05, 4.69) is 16.7 Å². The van der Waals surface area contributed by atoms with Gasteiger partial charge in [0, 0.05) is 31.0 Å². The van der Waals surface area contributed by atoms with Gasteiger partial charge < -0.3 is 9.42 Å². The van der Waals surface area contributed by atoms with Crippen LogP contribution in [0.2, 0.25) is 0 Å². The van der Waals surface area contributed by atoms with Crippen LogP contribution in [-0.2, 0) is 16.1 Å². The minimum atomic E-state index is -3.18. The maximum Gasteiger partial charge on any atom is 0.322 e. The van der Waals surface area contributed by atoms with Crippen molar-refractivity contribution in [1.82, 2.24) is 10.1 Å². The van der Waals surface area contributed by atoms with Crippen molar-refractivity contribution in [2.24, 2.45) is 0 Å². The number of nitriles is 1. The first-order valence-corrected chi connectivity index (χ1v) is 11.2. The van der Waals surface area contributed by atoms with E-state index in [0.29, 0.717) is 56.6 Å². The van der Waals surface area contributed by atoms with Gasteiger partial charge in [-0.25, -0.2) is 8.78 Å². The molecule has 0 spiro atoms. The van der Waals surface area contributed by atoms with Crippen LogP contribution in [0.25, 0.3) is 0 Å². The predicted molar refractivity (Wildman–Crippen MR) is 121 cm³/mol. The molecule has 0 unspecified atom stereocenters. The first-order chi connectivity index (χ1) is 16.6. The standard InChI is InChI=1S/C23H23F3N4O2.C2H3F/c1-3-4-19(31)30(18-8-14(12-27)7-17(24)9-18)13-15-5-6-23(10-16(15)11-23)20-28-21(32-29-20)22(2,25)26;1-2-3/h7-9H,3-6,10-11,13H2,1-2H3;2H,1H2. The van der Waals surface area contributed by atoms with Crippen LogP contribution in [0, 0.1) is 17.1 Å². The Balaban J connectivity index is 0.00000108. The van der Waals surface area contributed by atoms with Gasteiger partial charge in [-0.05, 0) is 50.3 Å². The number of anilines is 1. The maximum atomic E-state index is 14.0. The average Bonchev–Trinajstić information content (AvgIpc) is 3.28. The molecule has 0 aliphatic heterocycles.